The first kappa shape index (κ1) is 4.44. The summed E-state index contributed by atoms with van der Waals surface area (Å²) in [5, 5.41) is 0. The molecule has 0 atom stereocenters. The molecule has 0 bridgehead atoms. The maximum absolute atomic E-state index is 3.03. The summed E-state index contributed by atoms with van der Waals surface area (Å²) >= 11 is 0. The minimum Gasteiger partial charge on any atom is -0.364 e. The molecule has 1 rings (SSSR count). The minimum atomic E-state index is 1.05. The molecule has 1 heteroatoms. The van der Waals surface area contributed by atoms with Crippen LogP contribution in [-0.2, 0) is 6.42 Å². The van der Waals surface area contributed by atoms with Crippen molar-refractivity contribution < 1.29 is 0 Å². The van der Waals surface area contributed by atoms with E-state index in [0.29, 0.717) is 0 Å². The molecular formula is C6H8N. The summed E-state index contributed by atoms with van der Waals surface area (Å²) in [6.07, 6.45) is 2.94. The van der Waals surface area contributed by atoms with E-state index in [0.717, 1.165) is 6.42 Å². The first-order chi connectivity index (χ1) is 3.43. The van der Waals surface area contributed by atoms with Crippen molar-refractivity contribution in [2.45, 2.75) is 13.3 Å². The third kappa shape index (κ3) is 0.829. The second-order valence-electron chi connectivity index (χ2n) is 1.45. The van der Waals surface area contributed by atoms with E-state index in [2.05, 4.69) is 18.0 Å². The molecule has 1 N–H and O–H groups in total. The van der Waals surface area contributed by atoms with Gasteiger partial charge in [0.25, 0.3) is 0 Å². The highest BCUT2D eigenvalue weighted by Gasteiger charge is 1.81. The van der Waals surface area contributed by atoms with E-state index in [1.807, 2.05) is 12.3 Å². The molecule has 0 aliphatic heterocycles. The number of H-pyrrole nitrogens is 1. The zero-order valence-electron chi connectivity index (χ0n) is 4.36. The SMILES string of the molecule is CCc1[c]cc[nH]1. The Bertz CT molecular complexity index is 119. The van der Waals surface area contributed by atoms with Crippen LogP contribution in [0.3, 0.4) is 0 Å². The highest BCUT2D eigenvalue weighted by atomic mass is 14.7. The van der Waals surface area contributed by atoms with Gasteiger partial charge in [-0.2, -0.15) is 0 Å². The molecule has 0 unspecified atom stereocenters. The van der Waals surface area contributed by atoms with Gasteiger partial charge in [0.2, 0.25) is 0 Å². The fraction of sp³-hybridized carbons (Fsp3) is 0.333. The molecule has 0 aromatic carbocycles. The number of aromatic nitrogens is 1. The summed E-state index contributed by atoms with van der Waals surface area (Å²) < 4.78 is 0. The molecule has 1 nitrogen and oxygen atoms in total. The van der Waals surface area contributed by atoms with E-state index < -0.39 is 0 Å². The molecule has 37 valence electrons. The van der Waals surface area contributed by atoms with E-state index in [9.17, 15) is 0 Å². The predicted molar refractivity (Wildman–Crippen MR) is 29.0 cm³/mol. The molecule has 0 saturated carbocycles. The van der Waals surface area contributed by atoms with Crippen LogP contribution in [0.2, 0.25) is 0 Å². The van der Waals surface area contributed by atoms with Crippen LogP contribution in [0.15, 0.2) is 12.3 Å². The molecule has 0 saturated heterocycles. The van der Waals surface area contributed by atoms with Crippen molar-refractivity contribution in [1.82, 2.24) is 4.98 Å². The van der Waals surface area contributed by atoms with E-state index in [-0.39, 0.29) is 0 Å². The van der Waals surface area contributed by atoms with Crippen molar-refractivity contribution in [2.24, 2.45) is 0 Å². The molecule has 1 heterocycles. The van der Waals surface area contributed by atoms with Crippen molar-refractivity contribution in [3.63, 3.8) is 0 Å². The molecular weight excluding hydrogens is 86.1 g/mol. The number of aryl methyl sites for hydroxylation is 1. The van der Waals surface area contributed by atoms with E-state index in [1.165, 1.54) is 5.69 Å². The van der Waals surface area contributed by atoms with Crippen LogP contribution in [0.1, 0.15) is 12.6 Å². The van der Waals surface area contributed by atoms with Gasteiger partial charge in [-0.1, -0.05) is 6.92 Å². The zero-order chi connectivity index (χ0) is 5.11. The van der Waals surface area contributed by atoms with Crippen molar-refractivity contribution in [3.05, 3.63) is 24.0 Å². The summed E-state index contributed by atoms with van der Waals surface area (Å²) in [6.45, 7) is 2.10. The number of aromatic amines is 1. The minimum absolute atomic E-state index is 1.05. The first-order valence-electron chi connectivity index (χ1n) is 2.47. The Labute approximate surface area is 43.4 Å². The van der Waals surface area contributed by atoms with Crippen LogP contribution >= 0.6 is 0 Å². The normalized spacial score (nSPS) is 9.29. The van der Waals surface area contributed by atoms with E-state index >= 15 is 0 Å². The van der Waals surface area contributed by atoms with Gasteiger partial charge < -0.3 is 4.98 Å². The average molecular weight is 94.1 g/mol. The van der Waals surface area contributed by atoms with Gasteiger partial charge in [-0.25, -0.2) is 0 Å². The first-order valence-corrected chi connectivity index (χ1v) is 2.47. The lowest BCUT2D eigenvalue weighted by molar-refractivity contribution is 1.06. The van der Waals surface area contributed by atoms with Crippen LogP contribution in [-0.4, -0.2) is 4.98 Å². The Kier molecular flexibility index (Phi) is 1.16. The van der Waals surface area contributed by atoms with Gasteiger partial charge in [0.15, 0.2) is 0 Å². The summed E-state index contributed by atoms with van der Waals surface area (Å²) in [6, 6.07) is 4.92. The van der Waals surface area contributed by atoms with Crippen molar-refractivity contribution in [1.29, 1.82) is 0 Å². The quantitative estimate of drug-likeness (QED) is 0.541. The van der Waals surface area contributed by atoms with Gasteiger partial charge in [0.05, 0.1) is 0 Å². The summed E-state index contributed by atoms with van der Waals surface area (Å²) in [4.78, 5) is 3.03. The Morgan fingerprint density at radius 3 is 3.00 bits per heavy atom. The number of nitrogens with one attached hydrogen (secondary N) is 1. The third-order valence-corrected chi connectivity index (χ3v) is 0.952. The second kappa shape index (κ2) is 1.82. The molecule has 1 radical (unpaired) electrons. The van der Waals surface area contributed by atoms with Crippen LogP contribution in [0.4, 0.5) is 0 Å². The van der Waals surface area contributed by atoms with Gasteiger partial charge >= 0.3 is 0 Å². The molecule has 7 heavy (non-hydrogen) atoms. The standard InChI is InChI=1S/C6H8N/c1-2-6-4-3-5-7-6/h3,5,7H,2H2,1H3. The Morgan fingerprint density at radius 2 is 2.71 bits per heavy atom. The lowest BCUT2D eigenvalue weighted by Crippen LogP contribution is -1.74. The molecule has 0 spiro atoms. The molecule has 0 aliphatic carbocycles. The molecule has 0 amide bonds. The van der Waals surface area contributed by atoms with Crippen LogP contribution in [0, 0.1) is 6.07 Å². The molecule has 1 aromatic heterocycles. The topological polar surface area (TPSA) is 15.8 Å². The fourth-order valence-corrected chi connectivity index (χ4v) is 0.530. The molecule has 0 aliphatic rings. The van der Waals surface area contributed by atoms with E-state index in [1.54, 1.807) is 0 Å². The van der Waals surface area contributed by atoms with Crippen molar-refractivity contribution in [2.75, 3.05) is 0 Å². The van der Waals surface area contributed by atoms with Gasteiger partial charge in [0.1, 0.15) is 0 Å². The van der Waals surface area contributed by atoms with Crippen molar-refractivity contribution in [3.8, 4) is 0 Å². The molecule has 0 fully saturated rings. The smallest absolute Gasteiger partial charge is 0.0224 e. The maximum atomic E-state index is 3.03. The highest BCUT2D eigenvalue weighted by molar-refractivity contribution is 4.99. The van der Waals surface area contributed by atoms with Crippen molar-refractivity contribution >= 4 is 0 Å². The Hall–Kier alpha value is -0.720. The third-order valence-electron chi connectivity index (χ3n) is 0.952. The zero-order valence-corrected chi connectivity index (χ0v) is 4.36. The summed E-state index contributed by atoms with van der Waals surface area (Å²) in [5.74, 6) is 0. The molecule has 1 aromatic rings. The van der Waals surface area contributed by atoms with Gasteiger partial charge in [-0.05, 0) is 12.5 Å². The lowest BCUT2D eigenvalue weighted by atomic mass is 10.4. The number of hydrogen-bond acceptors (Lipinski definition) is 0. The monoisotopic (exact) mass is 94.1 g/mol. The Morgan fingerprint density at radius 1 is 1.86 bits per heavy atom. The highest BCUT2D eigenvalue weighted by Crippen LogP contribution is 1.90. The van der Waals surface area contributed by atoms with Gasteiger partial charge in [-0.15, -0.1) is 0 Å². The van der Waals surface area contributed by atoms with Crippen LogP contribution < -0.4 is 0 Å². The number of hydrogen-bond donors (Lipinski definition) is 1. The van der Waals surface area contributed by atoms with Gasteiger partial charge in [-0.3, -0.25) is 0 Å². The average Bonchev–Trinajstić information content (AvgIpc) is 2.14. The Balaban J connectivity index is 2.76. The predicted octanol–water partition coefficient (Wildman–Crippen LogP) is 1.38. The summed E-state index contributed by atoms with van der Waals surface area (Å²) in [5.41, 5.74) is 1.18. The summed E-state index contributed by atoms with van der Waals surface area (Å²) in [7, 11) is 0. The maximum Gasteiger partial charge on any atom is 0.0224 e. The van der Waals surface area contributed by atoms with Gasteiger partial charge in [0, 0.05) is 18.0 Å². The number of rotatable bonds is 1. The second-order valence-corrected chi connectivity index (χ2v) is 1.45. The van der Waals surface area contributed by atoms with Crippen LogP contribution in [0.5, 0.6) is 0 Å². The van der Waals surface area contributed by atoms with E-state index in [4.69, 9.17) is 0 Å². The van der Waals surface area contributed by atoms with Crippen LogP contribution in [0.25, 0.3) is 0 Å². The fourth-order valence-electron chi connectivity index (χ4n) is 0.530. The largest absolute Gasteiger partial charge is 0.364 e. The lowest BCUT2D eigenvalue weighted by Gasteiger charge is -1.80.